The molecule has 21 heavy (non-hydrogen) atoms. The number of esters is 1. The van der Waals surface area contributed by atoms with Crippen LogP contribution >= 0.6 is 0 Å². The van der Waals surface area contributed by atoms with Crippen molar-refractivity contribution in [3.05, 3.63) is 0 Å². The van der Waals surface area contributed by atoms with E-state index in [4.69, 9.17) is 4.74 Å². The van der Waals surface area contributed by atoms with Crippen LogP contribution in [0.3, 0.4) is 0 Å². The van der Waals surface area contributed by atoms with Crippen LogP contribution < -0.4 is 5.32 Å². The number of carbonyl (C=O) groups excluding carboxylic acids is 2. The highest BCUT2D eigenvalue weighted by molar-refractivity contribution is 5.79. The summed E-state index contributed by atoms with van der Waals surface area (Å²) in [4.78, 5) is 28.2. The van der Waals surface area contributed by atoms with Crippen LogP contribution in [0.25, 0.3) is 0 Å². The third kappa shape index (κ3) is 4.97. The molecule has 1 amide bonds. The van der Waals surface area contributed by atoms with Crippen molar-refractivity contribution < 1.29 is 14.3 Å². The third-order valence-electron chi connectivity index (χ3n) is 4.37. The minimum atomic E-state index is -0.223. The molecule has 1 unspecified atom stereocenters. The number of piperidine rings is 1. The van der Waals surface area contributed by atoms with Gasteiger partial charge in [-0.3, -0.25) is 14.5 Å². The van der Waals surface area contributed by atoms with Gasteiger partial charge in [-0.1, -0.05) is 0 Å². The van der Waals surface area contributed by atoms with Gasteiger partial charge in [-0.25, -0.2) is 0 Å². The topological polar surface area (TPSA) is 61.9 Å². The van der Waals surface area contributed by atoms with Crippen LogP contribution in [0.1, 0.15) is 32.1 Å². The molecule has 0 saturated carbocycles. The van der Waals surface area contributed by atoms with E-state index in [0.29, 0.717) is 13.0 Å². The van der Waals surface area contributed by atoms with Crippen LogP contribution in [0.5, 0.6) is 0 Å². The molecule has 6 nitrogen and oxygen atoms in total. The molecule has 2 fully saturated rings. The molecule has 0 radical (unpaired) electrons. The van der Waals surface area contributed by atoms with Crippen molar-refractivity contribution in [1.29, 1.82) is 0 Å². The number of ether oxygens (including phenoxy) is 1. The molecule has 0 spiro atoms. The molecule has 2 saturated heterocycles. The van der Waals surface area contributed by atoms with Crippen molar-refractivity contribution in [3.8, 4) is 0 Å². The summed E-state index contributed by atoms with van der Waals surface area (Å²) in [5.74, 6) is -0.0656. The molecule has 0 aromatic heterocycles. The molecule has 1 N–H and O–H groups in total. The second kappa shape index (κ2) is 8.34. The molecule has 120 valence electrons. The maximum Gasteiger partial charge on any atom is 0.307 e. The molecular weight excluding hydrogens is 270 g/mol. The Bertz CT molecular complexity index is 354. The molecule has 2 aliphatic heterocycles. The average molecular weight is 297 g/mol. The smallest absolute Gasteiger partial charge is 0.307 e. The summed E-state index contributed by atoms with van der Waals surface area (Å²) in [6.07, 6.45) is 4.43. The van der Waals surface area contributed by atoms with E-state index in [0.717, 1.165) is 58.4 Å². The van der Waals surface area contributed by atoms with Gasteiger partial charge in [0.1, 0.15) is 0 Å². The Kier molecular flexibility index (Phi) is 6.45. The standard InChI is InChI=1S/C15H27N3O3/c1-21-15(20)11-13-5-2-3-9-18(13)14(19)12-17-8-4-6-16-7-10-17/h13,16H,2-12H2,1H3. The summed E-state index contributed by atoms with van der Waals surface area (Å²) >= 11 is 0. The van der Waals surface area contributed by atoms with Crippen molar-refractivity contribution in [2.24, 2.45) is 0 Å². The van der Waals surface area contributed by atoms with Crippen molar-refractivity contribution in [3.63, 3.8) is 0 Å². The van der Waals surface area contributed by atoms with Gasteiger partial charge in [0.2, 0.25) is 5.91 Å². The van der Waals surface area contributed by atoms with Gasteiger partial charge in [0.05, 0.1) is 20.1 Å². The number of carbonyl (C=O) groups is 2. The highest BCUT2D eigenvalue weighted by Gasteiger charge is 2.29. The third-order valence-corrected chi connectivity index (χ3v) is 4.37. The molecule has 1 atom stereocenters. The Morgan fingerprint density at radius 1 is 1.14 bits per heavy atom. The van der Waals surface area contributed by atoms with Gasteiger partial charge in [0.25, 0.3) is 0 Å². The molecule has 2 rings (SSSR count). The summed E-state index contributed by atoms with van der Waals surface area (Å²) in [6, 6.07) is 0.0174. The van der Waals surface area contributed by atoms with E-state index in [1.165, 1.54) is 7.11 Å². The lowest BCUT2D eigenvalue weighted by Gasteiger charge is -2.36. The minimum absolute atomic E-state index is 0.0174. The van der Waals surface area contributed by atoms with Gasteiger partial charge in [-0.2, -0.15) is 0 Å². The van der Waals surface area contributed by atoms with Crippen molar-refractivity contribution in [2.75, 3.05) is 46.4 Å². The average Bonchev–Trinajstić information content (AvgIpc) is 2.76. The summed E-state index contributed by atoms with van der Waals surface area (Å²) in [6.45, 7) is 5.10. The van der Waals surface area contributed by atoms with Crippen molar-refractivity contribution in [1.82, 2.24) is 15.1 Å². The predicted octanol–water partition coefficient (Wildman–Crippen LogP) is 0.226. The second-order valence-electron chi connectivity index (χ2n) is 5.90. The van der Waals surface area contributed by atoms with Crippen molar-refractivity contribution >= 4 is 11.9 Å². The van der Waals surface area contributed by atoms with Gasteiger partial charge in [0, 0.05) is 25.7 Å². The molecular formula is C15H27N3O3. The maximum absolute atomic E-state index is 12.6. The van der Waals surface area contributed by atoms with E-state index in [2.05, 4.69) is 10.2 Å². The van der Waals surface area contributed by atoms with Crippen LogP contribution in [-0.2, 0) is 14.3 Å². The summed E-state index contributed by atoms with van der Waals surface area (Å²) in [7, 11) is 1.40. The highest BCUT2D eigenvalue weighted by Crippen LogP contribution is 2.20. The predicted molar refractivity (Wildman–Crippen MR) is 79.9 cm³/mol. The number of methoxy groups -OCH3 is 1. The van der Waals surface area contributed by atoms with E-state index in [1.807, 2.05) is 4.90 Å². The normalized spacial score (nSPS) is 24.4. The summed E-state index contributed by atoms with van der Waals surface area (Å²) < 4.78 is 4.75. The van der Waals surface area contributed by atoms with Crippen LogP contribution in [0, 0.1) is 0 Å². The fourth-order valence-corrected chi connectivity index (χ4v) is 3.16. The Morgan fingerprint density at radius 2 is 2.00 bits per heavy atom. The number of nitrogens with one attached hydrogen (secondary N) is 1. The fraction of sp³-hybridized carbons (Fsp3) is 0.867. The first-order chi connectivity index (χ1) is 10.2. The number of nitrogens with zero attached hydrogens (tertiary/aromatic N) is 2. The fourth-order valence-electron chi connectivity index (χ4n) is 3.16. The van der Waals surface area contributed by atoms with Crippen LogP contribution in [0.2, 0.25) is 0 Å². The van der Waals surface area contributed by atoms with Crippen LogP contribution in [0.15, 0.2) is 0 Å². The van der Waals surface area contributed by atoms with Gasteiger partial charge in [-0.05, 0) is 38.8 Å². The lowest BCUT2D eigenvalue weighted by Crippen LogP contribution is -2.49. The van der Waals surface area contributed by atoms with Gasteiger partial charge in [-0.15, -0.1) is 0 Å². The number of rotatable bonds is 4. The summed E-state index contributed by atoms with van der Waals surface area (Å²) in [5.41, 5.74) is 0. The quantitative estimate of drug-likeness (QED) is 0.753. The number of likely N-dealkylation sites (tertiary alicyclic amines) is 1. The Morgan fingerprint density at radius 3 is 2.81 bits per heavy atom. The first-order valence-electron chi connectivity index (χ1n) is 8.00. The zero-order chi connectivity index (χ0) is 15.1. The monoisotopic (exact) mass is 297 g/mol. The second-order valence-corrected chi connectivity index (χ2v) is 5.90. The van der Waals surface area contributed by atoms with E-state index < -0.39 is 0 Å². The molecule has 6 heteroatoms. The lowest BCUT2D eigenvalue weighted by atomic mass is 9.99. The largest absolute Gasteiger partial charge is 0.469 e. The first-order valence-corrected chi connectivity index (χ1v) is 8.00. The molecule has 0 bridgehead atoms. The van der Waals surface area contributed by atoms with Gasteiger partial charge in [0.15, 0.2) is 0 Å². The zero-order valence-electron chi connectivity index (χ0n) is 13.0. The van der Waals surface area contributed by atoms with E-state index in [-0.39, 0.29) is 17.9 Å². The van der Waals surface area contributed by atoms with E-state index in [1.54, 1.807) is 0 Å². The van der Waals surface area contributed by atoms with Crippen LogP contribution in [0.4, 0.5) is 0 Å². The molecule has 0 aromatic carbocycles. The number of hydrogen-bond acceptors (Lipinski definition) is 5. The van der Waals surface area contributed by atoms with E-state index >= 15 is 0 Å². The van der Waals surface area contributed by atoms with E-state index in [9.17, 15) is 9.59 Å². The summed E-state index contributed by atoms with van der Waals surface area (Å²) in [5, 5.41) is 3.34. The molecule has 2 aliphatic rings. The Balaban J connectivity index is 1.89. The highest BCUT2D eigenvalue weighted by atomic mass is 16.5. The SMILES string of the molecule is COC(=O)CC1CCCCN1C(=O)CN1CCCNCC1. The number of amides is 1. The zero-order valence-corrected chi connectivity index (χ0v) is 13.0. The Labute approximate surface area is 126 Å². The van der Waals surface area contributed by atoms with Gasteiger partial charge >= 0.3 is 5.97 Å². The maximum atomic E-state index is 12.6. The molecule has 0 aromatic rings. The van der Waals surface area contributed by atoms with Crippen molar-refractivity contribution in [2.45, 2.75) is 38.1 Å². The van der Waals surface area contributed by atoms with Gasteiger partial charge < -0.3 is 15.0 Å². The molecule has 0 aliphatic carbocycles. The Hall–Kier alpha value is -1.14. The minimum Gasteiger partial charge on any atom is -0.469 e. The molecule has 2 heterocycles. The lowest BCUT2D eigenvalue weighted by molar-refractivity contribution is -0.145. The first kappa shape index (κ1) is 16.2. The van der Waals surface area contributed by atoms with Crippen LogP contribution in [-0.4, -0.2) is 74.1 Å². The number of hydrogen-bond donors (Lipinski definition) is 1.